The minimum Gasteiger partial charge on any atom is -0.480 e. The summed E-state index contributed by atoms with van der Waals surface area (Å²) < 4.78 is 10.6. The van der Waals surface area contributed by atoms with Crippen LogP contribution in [0.25, 0.3) is 0 Å². The van der Waals surface area contributed by atoms with E-state index in [0.29, 0.717) is 12.5 Å². The molecule has 1 aromatic rings. The number of amides is 1. The Bertz CT molecular complexity index is 614. The highest BCUT2D eigenvalue weighted by Crippen LogP contribution is 2.25. The molecule has 0 saturated carbocycles. The highest BCUT2D eigenvalue weighted by molar-refractivity contribution is 6.32. The molecule has 132 valence electrons. The summed E-state index contributed by atoms with van der Waals surface area (Å²) in [6.07, 6.45) is 1.75. The van der Waals surface area contributed by atoms with E-state index in [4.69, 9.17) is 21.1 Å². The summed E-state index contributed by atoms with van der Waals surface area (Å²) in [5, 5.41) is 12.3. The number of carboxylic acid groups (broad SMARTS) is 1. The number of nitrogens with one attached hydrogen (secondary N) is 1. The van der Waals surface area contributed by atoms with Gasteiger partial charge >= 0.3 is 5.97 Å². The second kappa shape index (κ2) is 7.81. The van der Waals surface area contributed by atoms with Crippen LogP contribution in [0.1, 0.15) is 37.0 Å². The van der Waals surface area contributed by atoms with E-state index in [9.17, 15) is 14.7 Å². The van der Waals surface area contributed by atoms with Crippen LogP contribution < -0.4 is 10.1 Å². The number of carbonyl (C=O) groups is 2. The van der Waals surface area contributed by atoms with Gasteiger partial charge in [-0.3, -0.25) is 4.79 Å². The molecule has 1 aliphatic rings. The van der Waals surface area contributed by atoms with E-state index in [-0.39, 0.29) is 42.5 Å². The molecule has 0 radical (unpaired) electrons. The average molecular weight is 357 g/mol. The van der Waals surface area contributed by atoms with Crippen molar-refractivity contribution in [2.75, 3.05) is 19.8 Å². The summed E-state index contributed by atoms with van der Waals surface area (Å²) in [4.78, 5) is 28.0. The van der Waals surface area contributed by atoms with Gasteiger partial charge in [0.1, 0.15) is 10.6 Å². The highest BCUT2D eigenvalue weighted by atomic mass is 35.5. The number of ether oxygens (including phenoxy) is 2. The monoisotopic (exact) mass is 356 g/mol. The molecule has 1 aliphatic heterocycles. The lowest BCUT2D eigenvalue weighted by Crippen LogP contribution is -2.57. The first-order chi connectivity index (χ1) is 11.3. The summed E-state index contributed by atoms with van der Waals surface area (Å²) in [6.45, 7) is 5.02. The normalized spacial score (nSPS) is 16.7. The van der Waals surface area contributed by atoms with Crippen molar-refractivity contribution in [3.8, 4) is 5.88 Å². The van der Waals surface area contributed by atoms with Crippen LogP contribution in [-0.2, 0) is 9.53 Å². The molecule has 0 aliphatic carbocycles. The molecule has 0 spiro atoms. The van der Waals surface area contributed by atoms with Gasteiger partial charge in [0.05, 0.1) is 12.2 Å². The van der Waals surface area contributed by atoms with Crippen LogP contribution in [0, 0.1) is 5.92 Å². The number of pyridine rings is 1. The molecular formula is C16H21ClN2O5. The van der Waals surface area contributed by atoms with Gasteiger partial charge in [-0.1, -0.05) is 25.4 Å². The highest BCUT2D eigenvalue weighted by Gasteiger charge is 2.41. The zero-order valence-electron chi connectivity index (χ0n) is 13.7. The van der Waals surface area contributed by atoms with E-state index in [1.165, 1.54) is 12.3 Å². The Kier molecular flexibility index (Phi) is 6.01. The molecule has 1 fully saturated rings. The van der Waals surface area contributed by atoms with E-state index in [0.717, 1.165) is 0 Å². The van der Waals surface area contributed by atoms with Crippen molar-refractivity contribution >= 4 is 23.5 Å². The molecule has 2 rings (SSSR count). The molecule has 1 amide bonds. The summed E-state index contributed by atoms with van der Waals surface area (Å²) in [5.41, 5.74) is -1.14. The first-order valence-electron chi connectivity index (χ1n) is 7.76. The SMILES string of the molecule is CC(C)COc1ncc(C(=O)NC2(C(=O)O)CCOCC2)cc1Cl. The Labute approximate surface area is 145 Å². The van der Waals surface area contributed by atoms with Crippen LogP contribution in [-0.4, -0.2) is 47.3 Å². The molecule has 8 heteroatoms. The van der Waals surface area contributed by atoms with Crippen LogP contribution in [0.15, 0.2) is 12.3 Å². The quantitative estimate of drug-likeness (QED) is 0.810. The van der Waals surface area contributed by atoms with Gasteiger partial charge in [0.25, 0.3) is 5.91 Å². The number of hydrogen-bond donors (Lipinski definition) is 2. The lowest BCUT2D eigenvalue weighted by molar-refractivity contribution is -0.148. The van der Waals surface area contributed by atoms with Crippen molar-refractivity contribution < 1.29 is 24.2 Å². The van der Waals surface area contributed by atoms with Crippen molar-refractivity contribution in [2.45, 2.75) is 32.2 Å². The lowest BCUT2D eigenvalue weighted by Gasteiger charge is -2.33. The van der Waals surface area contributed by atoms with Crippen LogP contribution in [0.3, 0.4) is 0 Å². The standard InChI is InChI=1S/C16H21ClN2O5/c1-10(2)9-24-14-12(17)7-11(8-18-14)13(20)19-16(15(21)22)3-5-23-6-4-16/h7-8,10H,3-6,9H2,1-2H3,(H,19,20)(H,21,22). The van der Waals surface area contributed by atoms with Crippen molar-refractivity contribution in [3.05, 3.63) is 22.8 Å². The average Bonchev–Trinajstić information content (AvgIpc) is 2.54. The number of carboxylic acids is 1. The van der Waals surface area contributed by atoms with Crippen LogP contribution in [0.2, 0.25) is 5.02 Å². The number of aliphatic carboxylic acids is 1. The zero-order valence-corrected chi connectivity index (χ0v) is 14.4. The molecule has 1 saturated heterocycles. The van der Waals surface area contributed by atoms with E-state index in [2.05, 4.69) is 10.3 Å². The third-order valence-corrected chi connectivity index (χ3v) is 4.00. The summed E-state index contributed by atoms with van der Waals surface area (Å²) in [6, 6.07) is 1.43. The smallest absolute Gasteiger partial charge is 0.329 e. The number of hydrogen-bond acceptors (Lipinski definition) is 5. The van der Waals surface area contributed by atoms with E-state index >= 15 is 0 Å². The Morgan fingerprint density at radius 1 is 1.46 bits per heavy atom. The van der Waals surface area contributed by atoms with E-state index in [1.54, 1.807) is 0 Å². The molecule has 0 bridgehead atoms. The minimum absolute atomic E-state index is 0.184. The molecular weight excluding hydrogens is 336 g/mol. The second-order valence-electron chi connectivity index (χ2n) is 6.17. The van der Waals surface area contributed by atoms with Gasteiger partial charge in [0.2, 0.25) is 5.88 Å². The molecule has 1 aromatic heterocycles. The maximum Gasteiger partial charge on any atom is 0.329 e. The van der Waals surface area contributed by atoms with Gasteiger partial charge < -0.3 is 19.9 Å². The maximum absolute atomic E-state index is 12.4. The number of halogens is 1. The molecule has 0 unspecified atom stereocenters. The largest absolute Gasteiger partial charge is 0.480 e. The molecule has 0 atom stereocenters. The first-order valence-corrected chi connectivity index (χ1v) is 8.14. The Balaban J connectivity index is 2.11. The molecule has 0 aromatic carbocycles. The summed E-state index contributed by atoms with van der Waals surface area (Å²) in [5.74, 6) is -1.05. The molecule has 24 heavy (non-hydrogen) atoms. The van der Waals surface area contributed by atoms with Gasteiger partial charge in [-0.15, -0.1) is 0 Å². The topological polar surface area (TPSA) is 97.8 Å². The van der Waals surface area contributed by atoms with Crippen LogP contribution >= 0.6 is 11.6 Å². The maximum atomic E-state index is 12.4. The molecule has 2 heterocycles. The number of carbonyl (C=O) groups excluding carboxylic acids is 1. The Hall–Kier alpha value is -1.86. The summed E-state index contributed by atoms with van der Waals surface area (Å²) in [7, 11) is 0. The lowest BCUT2D eigenvalue weighted by atomic mass is 9.90. The Morgan fingerprint density at radius 3 is 2.67 bits per heavy atom. The van der Waals surface area contributed by atoms with Crippen molar-refractivity contribution in [2.24, 2.45) is 5.92 Å². The van der Waals surface area contributed by atoms with E-state index in [1.807, 2.05) is 13.8 Å². The van der Waals surface area contributed by atoms with Gasteiger partial charge in [0.15, 0.2) is 0 Å². The van der Waals surface area contributed by atoms with Crippen LogP contribution in [0.4, 0.5) is 0 Å². The predicted octanol–water partition coefficient (Wildman–Crippen LogP) is 2.13. The molecule has 7 nitrogen and oxygen atoms in total. The van der Waals surface area contributed by atoms with Crippen molar-refractivity contribution in [1.82, 2.24) is 10.3 Å². The van der Waals surface area contributed by atoms with Crippen LogP contribution in [0.5, 0.6) is 5.88 Å². The fourth-order valence-electron chi connectivity index (χ4n) is 2.30. The number of nitrogens with zero attached hydrogens (tertiary/aromatic N) is 1. The fourth-order valence-corrected chi connectivity index (χ4v) is 2.52. The van der Waals surface area contributed by atoms with Gasteiger partial charge in [0, 0.05) is 32.3 Å². The van der Waals surface area contributed by atoms with Gasteiger partial charge in [-0.25, -0.2) is 9.78 Å². The number of aromatic nitrogens is 1. The number of rotatable bonds is 6. The van der Waals surface area contributed by atoms with E-state index < -0.39 is 17.4 Å². The predicted molar refractivity (Wildman–Crippen MR) is 87.5 cm³/mol. The van der Waals surface area contributed by atoms with Gasteiger partial charge in [-0.2, -0.15) is 0 Å². The third-order valence-electron chi connectivity index (χ3n) is 3.73. The Morgan fingerprint density at radius 2 is 2.12 bits per heavy atom. The first kappa shape index (κ1) is 18.5. The molecule has 2 N–H and O–H groups in total. The van der Waals surface area contributed by atoms with Crippen molar-refractivity contribution in [3.63, 3.8) is 0 Å². The minimum atomic E-state index is -1.32. The zero-order chi connectivity index (χ0) is 17.7. The summed E-state index contributed by atoms with van der Waals surface area (Å²) >= 11 is 6.09. The second-order valence-corrected chi connectivity index (χ2v) is 6.58. The van der Waals surface area contributed by atoms with Gasteiger partial charge in [-0.05, 0) is 12.0 Å². The van der Waals surface area contributed by atoms with Crippen molar-refractivity contribution in [1.29, 1.82) is 0 Å². The fraction of sp³-hybridized carbons (Fsp3) is 0.562. The third kappa shape index (κ3) is 4.36.